The highest BCUT2D eigenvalue weighted by molar-refractivity contribution is 8.04. The van der Waals surface area contributed by atoms with Crippen LogP contribution in [-0.4, -0.2) is 35.7 Å². The Balaban J connectivity index is 1.79. The van der Waals surface area contributed by atoms with Crippen LogP contribution >= 0.6 is 11.8 Å². The number of carbonyl (C=O) groups is 1. The van der Waals surface area contributed by atoms with Crippen molar-refractivity contribution in [1.82, 2.24) is 10.2 Å². The molecule has 0 atom stereocenters. The second-order valence-electron chi connectivity index (χ2n) is 5.11. The van der Waals surface area contributed by atoms with Crippen LogP contribution in [0.2, 0.25) is 0 Å². The van der Waals surface area contributed by atoms with E-state index in [1.807, 2.05) is 12.3 Å². The van der Waals surface area contributed by atoms with Crippen LogP contribution in [-0.2, 0) is 4.79 Å². The minimum atomic E-state index is 0.0660. The third-order valence-corrected chi connectivity index (χ3v) is 4.61. The lowest BCUT2D eigenvalue weighted by Crippen LogP contribution is -2.36. The van der Waals surface area contributed by atoms with E-state index in [2.05, 4.69) is 24.1 Å². The smallest absolute Gasteiger partial charge is 0.261 e. The molecule has 1 amide bonds. The number of rotatable bonds is 3. The number of hydrogen-bond donors (Lipinski definition) is 1. The molecule has 2 aliphatic heterocycles. The first kappa shape index (κ1) is 13.7. The number of nitrogens with one attached hydrogen (secondary N) is 1. The average Bonchev–Trinajstić information content (AvgIpc) is 2.90. The first-order valence-electron chi connectivity index (χ1n) is 6.72. The average molecular weight is 266 g/mol. The molecule has 2 aliphatic rings. The Bertz CT molecular complexity index is 364. The van der Waals surface area contributed by atoms with Crippen molar-refractivity contribution >= 4 is 17.7 Å². The summed E-state index contributed by atoms with van der Waals surface area (Å²) in [5.41, 5.74) is 1.36. The van der Waals surface area contributed by atoms with Gasteiger partial charge in [-0.15, -0.1) is 11.8 Å². The van der Waals surface area contributed by atoms with Gasteiger partial charge in [0.25, 0.3) is 5.91 Å². The number of hydrogen-bond acceptors (Lipinski definition) is 3. The number of likely N-dealkylation sites (tertiary alicyclic amines) is 1. The zero-order chi connectivity index (χ0) is 13.0. The topological polar surface area (TPSA) is 32.3 Å². The van der Waals surface area contributed by atoms with Gasteiger partial charge in [0.1, 0.15) is 0 Å². The summed E-state index contributed by atoms with van der Waals surface area (Å²) in [6, 6.07) is 0.626. The van der Waals surface area contributed by atoms with E-state index in [4.69, 9.17) is 0 Å². The molecular formula is C14H22N2OS. The van der Waals surface area contributed by atoms with Crippen LogP contribution in [0.25, 0.3) is 0 Å². The van der Waals surface area contributed by atoms with Gasteiger partial charge in [0.05, 0.1) is 4.91 Å². The van der Waals surface area contributed by atoms with Crippen LogP contribution in [0.4, 0.5) is 0 Å². The lowest BCUT2D eigenvalue weighted by molar-refractivity contribution is -0.115. The van der Waals surface area contributed by atoms with Gasteiger partial charge in [0.2, 0.25) is 0 Å². The van der Waals surface area contributed by atoms with Crippen LogP contribution in [0.3, 0.4) is 0 Å². The molecule has 0 radical (unpaired) electrons. The van der Waals surface area contributed by atoms with Crippen LogP contribution in [0.5, 0.6) is 0 Å². The van der Waals surface area contributed by atoms with Gasteiger partial charge in [-0.05, 0) is 33.1 Å². The quantitative estimate of drug-likeness (QED) is 0.852. The van der Waals surface area contributed by atoms with E-state index < -0.39 is 0 Å². The number of allylic oxidation sites excluding steroid dienone is 1. The van der Waals surface area contributed by atoms with Crippen LogP contribution < -0.4 is 5.32 Å². The molecule has 100 valence electrons. The number of nitrogens with zero attached hydrogens (tertiary/aromatic N) is 1. The molecule has 0 aliphatic carbocycles. The van der Waals surface area contributed by atoms with Gasteiger partial charge in [-0.2, -0.15) is 0 Å². The molecule has 0 unspecified atom stereocenters. The number of thioether (sulfide) groups is 1. The molecule has 0 spiro atoms. The predicted molar refractivity (Wildman–Crippen MR) is 77.3 cm³/mol. The highest BCUT2D eigenvalue weighted by Gasteiger charge is 2.17. The fourth-order valence-corrected chi connectivity index (χ4v) is 3.17. The molecule has 0 aromatic rings. The summed E-state index contributed by atoms with van der Waals surface area (Å²) in [7, 11) is 0. The lowest BCUT2D eigenvalue weighted by Gasteiger charge is -2.31. The zero-order valence-corrected chi connectivity index (χ0v) is 12.1. The normalized spacial score (nSPS) is 21.1. The van der Waals surface area contributed by atoms with Crippen molar-refractivity contribution in [2.24, 2.45) is 0 Å². The zero-order valence-electron chi connectivity index (χ0n) is 11.2. The molecule has 0 saturated carbocycles. The number of piperidine rings is 1. The number of amides is 1. The Kier molecular flexibility index (Phi) is 4.89. The van der Waals surface area contributed by atoms with Gasteiger partial charge >= 0.3 is 0 Å². The maximum absolute atomic E-state index is 11.8. The second-order valence-corrected chi connectivity index (χ2v) is 6.25. The summed E-state index contributed by atoms with van der Waals surface area (Å²) in [6.07, 6.45) is 7.13. The summed E-state index contributed by atoms with van der Waals surface area (Å²) < 4.78 is 0. The molecule has 0 aromatic carbocycles. The molecule has 4 heteroatoms. The summed E-state index contributed by atoms with van der Waals surface area (Å²) in [6.45, 7) is 6.69. The molecule has 1 saturated heterocycles. The van der Waals surface area contributed by atoms with Crippen molar-refractivity contribution in [3.05, 3.63) is 22.8 Å². The van der Waals surface area contributed by atoms with Gasteiger partial charge in [-0.25, -0.2) is 0 Å². The third kappa shape index (κ3) is 3.62. The van der Waals surface area contributed by atoms with Crippen molar-refractivity contribution in [2.45, 2.75) is 39.2 Å². The maximum Gasteiger partial charge on any atom is 0.261 e. The highest BCUT2D eigenvalue weighted by Crippen LogP contribution is 2.24. The van der Waals surface area contributed by atoms with Crippen LogP contribution in [0, 0.1) is 0 Å². The summed E-state index contributed by atoms with van der Waals surface area (Å²) >= 11 is 1.65. The largest absolute Gasteiger partial charge is 0.328 e. The van der Waals surface area contributed by atoms with Gasteiger partial charge in [0.15, 0.2) is 0 Å². The molecule has 18 heavy (non-hydrogen) atoms. The van der Waals surface area contributed by atoms with Gasteiger partial charge in [0, 0.05) is 31.1 Å². The van der Waals surface area contributed by atoms with Crippen molar-refractivity contribution in [1.29, 1.82) is 0 Å². The van der Waals surface area contributed by atoms with E-state index in [1.165, 1.54) is 5.57 Å². The predicted octanol–water partition coefficient (Wildman–Crippen LogP) is 2.51. The SMILES string of the molecule is CC(C)N1CCC(=CNC(=O)C2=CCCS2)CC1. The molecule has 3 nitrogen and oxygen atoms in total. The third-order valence-electron chi connectivity index (χ3n) is 3.51. The van der Waals surface area contributed by atoms with E-state index in [1.54, 1.807) is 11.8 Å². The first-order valence-corrected chi connectivity index (χ1v) is 7.71. The summed E-state index contributed by atoms with van der Waals surface area (Å²) in [4.78, 5) is 15.2. The summed E-state index contributed by atoms with van der Waals surface area (Å²) in [5.74, 6) is 1.11. The molecule has 1 fully saturated rings. The van der Waals surface area contributed by atoms with Crippen molar-refractivity contribution < 1.29 is 4.79 Å². The highest BCUT2D eigenvalue weighted by atomic mass is 32.2. The van der Waals surface area contributed by atoms with Crippen LogP contribution in [0.15, 0.2) is 22.8 Å². The van der Waals surface area contributed by atoms with Gasteiger partial charge < -0.3 is 10.2 Å². The number of carbonyl (C=O) groups excluding carboxylic acids is 1. The molecule has 2 rings (SSSR count). The molecular weight excluding hydrogens is 244 g/mol. The monoisotopic (exact) mass is 266 g/mol. The standard InChI is InChI=1S/C14H22N2OS/c1-11(2)16-7-5-12(6-8-16)10-15-14(17)13-4-3-9-18-13/h4,10-11H,3,5-9H2,1-2H3,(H,15,17). The van der Waals surface area contributed by atoms with E-state index in [0.29, 0.717) is 6.04 Å². The second kappa shape index (κ2) is 6.43. The Hall–Kier alpha value is -0.740. The van der Waals surface area contributed by atoms with Crippen molar-refractivity contribution in [3.8, 4) is 0 Å². The van der Waals surface area contributed by atoms with E-state index in [0.717, 1.165) is 43.0 Å². The minimum Gasteiger partial charge on any atom is -0.328 e. The molecule has 2 heterocycles. The Labute approximate surface area is 114 Å². The van der Waals surface area contributed by atoms with Crippen molar-refractivity contribution in [3.63, 3.8) is 0 Å². The van der Waals surface area contributed by atoms with Crippen molar-refractivity contribution in [2.75, 3.05) is 18.8 Å². The fourth-order valence-electron chi connectivity index (χ4n) is 2.29. The van der Waals surface area contributed by atoms with Crippen LogP contribution in [0.1, 0.15) is 33.1 Å². The Morgan fingerprint density at radius 1 is 1.44 bits per heavy atom. The summed E-state index contributed by atoms with van der Waals surface area (Å²) in [5, 5.41) is 2.93. The van der Waals surface area contributed by atoms with E-state index >= 15 is 0 Å². The Morgan fingerprint density at radius 3 is 2.72 bits per heavy atom. The maximum atomic E-state index is 11.8. The lowest BCUT2D eigenvalue weighted by atomic mass is 10.0. The van der Waals surface area contributed by atoms with E-state index in [-0.39, 0.29) is 5.91 Å². The van der Waals surface area contributed by atoms with E-state index in [9.17, 15) is 4.79 Å². The minimum absolute atomic E-state index is 0.0660. The molecule has 1 N–H and O–H groups in total. The van der Waals surface area contributed by atoms with Gasteiger partial charge in [-0.3, -0.25) is 4.79 Å². The fraction of sp³-hybridized carbons (Fsp3) is 0.643. The molecule has 0 bridgehead atoms. The molecule has 0 aromatic heterocycles. The van der Waals surface area contributed by atoms with Gasteiger partial charge in [-0.1, -0.05) is 11.6 Å². The Morgan fingerprint density at radius 2 is 2.17 bits per heavy atom. The first-order chi connectivity index (χ1) is 8.66.